The first-order chi connectivity index (χ1) is 11.9. The van der Waals surface area contributed by atoms with Crippen LogP contribution in [0.15, 0.2) is 41.3 Å². The quantitative estimate of drug-likeness (QED) is 0.861. The molecule has 1 fully saturated rings. The minimum absolute atomic E-state index is 0.173. The Labute approximate surface area is 147 Å². The van der Waals surface area contributed by atoms with Crippen molar-refractivity contribution in [2.75, 3.05) is 13.2 Å². The lowest BCUT2D eigenvalue weighted by atomic mass is 10.0. The van der Waals surface area contributed by atoms with Gasteiger partial charge in [-0.1, -0.05) is 32.9 Å². The fraction of sp³-hybridized carbons (Fsp3) is 0.400. The molecule has 0 spiro atoms. The molecular formula is C20H24N2O3. The van der Waals surface area contributed by atoms with Crippen LogP contribution in [-0.4, -0.2) is 28.7 Å². The molecule has 3 rings (SSSR count). The van der Waals surface area contributed by atoms with E-state index in [4.69, 9.17) is 4.84 Å². The predicted molar refractivity (Wildman–Crippen MR) is 97.0 cm³/mol. The van der Waals surface area contributed by atoms with Crippen LogP contribution in [-0.2, 0) is 4.84 Å². The van der Waals surface area contributed by atoms with Crippen molar-refractivity contribution >= 4 is 5.91 Å². The predicted octanol–water partition coefficient (Wildman–Crippen LogP) is 3.29. The van der Waals surface area contributed by atoms with Crippen LogP contribution in [0.2, 0.25) is 0 Å². The second kappa shape index (κ2) is 6.84. The highest BCUT2D eigenvalue weighted by Gasteiger charge is 2.29. The van der Waals surface area contributed by atoms with E-state index in [9.17, 15) is 9.59 Å². The van der Waals surface area contributed by atoms with Crippen LogP contribution in [0.25, 0.3) is 5.69 Å². The molecule has 25 heavy (non-hydrogen) atoms. The topological polar surface area (TPSA) is 51.5 Å². The molecule has 1 saturated heterocycles. The van der Waals surface area contributed by atoms with Crippen LogP contribution in [0.3, 0.4) is 0 Å². The normalized spacial score (nSPS) is 17.3. The molecule has 5 heteroatoms. The lowest BCUT2D eigenvalue weighted by Crippen LogP contribution is -2.35. The van der Waals surface area contributed by atoms with Crippen molar-refractivity contribution in [1.82, 2.24) is 9.63 Å². The van der Waals surface area contributed by atoms with E-state index in [1.165, 1.54) is 9.63 Å². The number of pyridine rings is 1. The number of hydroxylamine groups is 2. The number of carbonyl (C=O) groups excluding carboxylic acids is 1. The van der Waals surface area contributed by atoms with Gasteiger partial charge in [0, 0.05) is 17.8 Å². The Hall–Kier alpha value is -2.40. The van der Waals surface area contributed by atoms with Gasteiger partial charge in [-0.3, -0.25) is 19.0 Å². The molecule has 1 amide bonds. The lowest BCUT2D eigenvalue weighted by molar-refractivity contribution is -0.0774. The number of benzene rings is 1. The number of aromatic nitrogens is 1. The summed E-state index contributed by atoms with van der Waals surface area (Å²) >= 11 is 0. The zero-order valence-electron chi connectivity index (χ0n) is 15.2. The molecule has 0 aliphatic carbocycles. The summed E-state index contributed by atoms with van der Waals surface area (Å²) in [6, 6.07) is 9.65. The number of hydrogen-bond acceptors (Lipinski definition) is 3. The van der Waals surface area contributed by atoms with Gasteiger partial charge in [-0.05, 0) is 42.2 Å². The van der Waals surface area contributed by atoms with E-state index in [1.807, 2.05) is 31.2 Å². The van der Waals surface area contributed by atoms with E-state index < -0.39 is 0 Å². The summed E-state index contributed by atoms with van der Waals surface area (Å²) in [7, 11) is 0. The largest absolute Gasteiger partial charge is 0.284 e. The molecular weight excluding hydrogens is 316 g/mol. The minimum atomic E-state index is -0.360. The summed E-state index contributed by atoms with van der Waals surface area (Å²) < 4.78 is 1.53. The Morgan fingerprint density at radius 1 is 1.28 bits per heavy atom. The van der Waals surface area contributed by atoms with Crippen LogP contribution in [0, 0.1) is 12.8 Å². The van der Waals surface area contributed by atoms with Crippen molar-refractivity contribution in [2.24, 2.45) is 5.92 Å². The number of hydrogen-bond donors (Lipinski definition) is 0. The second-order valence-corrected chi connectivity index (χ2v) is 7.07. The smallest absolute Gasteiger partial charge is 0.283 e. The summed E-state index contributed by atoms with van der Waals surface area (Å²) in [5.74, 6) is 0.279. The maximum Gasteiger partial charge on any atom is 0.283 e. The monoisotopic (exact) mass is 340 g/mol. The van der Waals surface area contributed by atoms with Gasteiger partial charge in [-0.25, -0.2) is 5.06 Å². The van der Waals surface area contributed by atoms with Gasteiger partial charge in [0.2, 0.25) is 0 Å². The van der Waals surface area contributed by atoms with Gasteiger partial charge in [0.15, 0.2) is 0 Å². The molecule has 1 unspecified atom stereocenters. The van der Waals surface area contributed by atoms with Crippen molar-refractivity contribution < 1.29 is 9.63 Å². The first-order valence-electron chi connectivity index (χ1n) is 8.66. The summed E-state index contributed by atoms with van der Waals surface area (Å²) in [5.41, 5.74) is 2.44. The summed E-state index contributed by atoms with van der Waals surface area (Å²) in [6.07, 6.45) is 1.72. The van der Waals surface area contributed by atoms with Gasteiger partial charge in [-0.15, -0.1) is 0 Å². The Balaban J connectivity index is 2.05. The van der Waals surface area contributed by atoms with Gasteiger partial charge in [0.05, 0.1) is 13.2 Å². The lowest BCUT2D eigenvalue weighted by Gasteiger charge is -2.17. The average molecular weight is 340 g/mol. The van der Waals surface area contributed by atoms with Crippen molar-refractivity contribution in [3.63, 3.8) is 0 Å². The van der Waals surface area contributed by atoms with Crippen LogP contribution >= 0.6 is 0 Å². The molecule has 1 aromatic carbocycles. The first-order valence-corrected chi connectivity index (χ1v) is 8.66. The summed E-state index contributed by atoms with van der Waals surface area (Å²) in [5, 5.41) is 1.31. The molecule has 5 nitrogen and oxygen atoms in total. The highest BCUT2D eigenvalue weighted by atomic mass is 16.7. The summed E-state index contributed by atoms with van der Waals surface area (Å²) in [4.78, 5) is 31.2. The highest BCUT2D eigenvalue weighted by molar-refractivity contribution is 5.94. The van der Waals surface area contributed by atoms with Crippen LogP contribution in [0.1, 0.15) is 48.2 Å². The summed E-state index contributed by atoms with van der Waals surface area (Å²) in [6.45, 7) is 9.03. The van der Waals surface area contributed by atoms with Crippen LogP contribution < -0.4 is 5.56 Å². The zero-order chi connectivity index (χ0) is 18.1. The SMILES string of the molecule is Cc1ccn(-c2cccc(C(C)C)c2)c(=O)c1C(=O)N1CC(C)CO1. The number of aryl methyl sites for hydroxylation is 1. The van der Waals surface area contributed by atoms with E-state index >= 15 is 0 Å². The highest BCUT2D eigenvalue weighted by Crippen LogP contribution is 2.19. The number of rotatable bonds is 3. The van der Waals surface area contributed by atoms with Gasteiger partial charge in [-0.2, -0.15) is 0 Å². The molecule has 0 bridgehead atoms. The number of carbonyl (C=O) groups is 1. The maximum absolute atomic E-state index is 13.0. The Kier molecular flexibility index (Phi) is 4.77. The van der Waals surface area contributed by atoms with Crippen molar-refractivity contribution in [3.05, 3.63) is 63.6 Å². The molecule has 132 valence electrons. The van der Waals surface area contributed by atoms with Crippen LogP contribution in [0.5, 0.6) is 0 Å². The Bertz CT molecular complexity index is 854. The average Bonchev–Trinajstić information content (AvgIpc) is 3.01. The zero-order valence-corrected chi connectivity index (χ0v) is 15.2. The molecule has 0 N–H and O–H groups in total. The second-order valence-electron chi connectivity index (χ2n) is 7.07. The van der Waals surface area contributed by atoms with E-state index in [1.54, 1.807) is 19.2 Å². The molecule has 1 aliphatic rings. The van der Waals surface area contributed by atoms with Gasteiger partial charge < -0.3 is 0 Å². The maximum atomic E-state index is 13.0. The molecule has 2 heterocycles. The third-order valence-corrected chi connectivity index (χ3v) is 4.55. The minimum Gasteiger partial charge on any atom is -0.284 e. The molecule has 1 aliphatic heterocycles. The van der Waals surface area contributed by atoms with Crippen molar-refractivity contribution in [1.29, 1.82) is 0 Å². The molecule has 0 radical (unpaired) electrons. The third-order valence-electron chi connectivity index (χ3n) is 4.55. The molecule has 0 saturated carbocycles. The van der Waals surface area contributed by atoms with Crippen LogP contribution in [0.4, 0.5) is 0 Å². The molecule has 2 aromatic rings. The Morgan fingerprint density at radius 2 is 2.04 bits per heavy atom. The third kappa shape index (κ3) is 3.37. The Morgan fingerprint density at radius 3 is 2.68 bits per heavy atom. The molecule has 1 atom stereocenters. The number of nitrogens with zero attached hydrogens (tertiary/aromatic N) is 2. The standard InChI is InChI=1S/C20H24N2O3/c1-13(2)16-6-5-7-17(10-16)21-9-8-15(4)18(19(21)23)20(24)22-11-14(3)12-25-22/h5-10,13-14H,11-12H2,1-4H3. The fourth-order valence-electron chi connectivity index (χ4n) is 3.00. The molecule has 1 aromatic heterocycles. The first kappa shape index (κ1) is 17.4. The van der Waals surface area contributed by atoms with E-state index in [2.05, 4.69) is 13.8 Å². The van der Waals surface area contributed by atoms with E-state index in [-0.39, 0.29) is 22.9 Å². The van der Waals surface area contributed by atoms with E-state index in [0.29, 0.717) is 24.6 Å². The van der Waals surface area contributed by atoms with Gasteiger partial charge in [0.1, 0.15) is 5.56 Å². The fourth-order valence-corrected chi connectivity index (χ4v) is 3.00. The number of amides is 1. The van der Waals surface area contributed by atoms with Crippen molar-refractivity contribution in [2.45, 2.75) is 33.6 Å². The van der Waals surface area contributed by atoms with E-state index in [0.717, 1.165) is 11.3 Å². The van der Waals surface area contributed by atoms with Crippen molar-refractivity contribution in [3.8, 4) is 5.69 Å². The van der Waals surface area contributed by atoms with Gasteiger partial charge >= 0.3 is 0 Å². The van der Waals surface area contributed by atoms with Gasteiger partial charge in [0.25, 0.3) is 11.5 Å².